The summed E-state index contributed by atoms with van der Waals surface area (Å²) >= 11 is 0. The van der Waals surface area contributed by atoms with Crippen molar-refractivity contribution < 1.29 is 14.7 Å². The number of likely N-dealkylation sites (tertiary alicyclic amines) is 1. The topological polar surface area (TPSA) is 62.1 Å². The molecule has 106 valence electrons. The van der Waals surface area contributed by atoms with Gasteiger partial charge in [0.05, 0.1) is 24.4 Å². The Bertz CT molecular complexity index is 535. The molecule has 1 atom stereocenters. The van der Waals surface area contributed by atoms with E-state index in [4.69, 9.17) is 4.84 Å². The van der Waals surface area contributed by atoms with Crippen LogP contribution >= 0.6 is 0 Å². The predicted molar refractivity (Wildman–Crippen MR) is 74.3 cm³/mol. The van der Waals surface area contributed by atoms with Crippen molar-refractivity contribution in [3.8, 4) is 0 Å². The smallest absolute Gasteiger partial charge is 0.267 e. The minimum absolute atomic E-state index is 0.0854. The molecule has 2 heterocycles. The van der Waals surface area contributed by atoms with E-state index in [0.717, 1.165) is 11.3 Å². The van der Waals surface area contributed by atoms with Crippen molar-refractivity contribution in [3.05, 3.63) is 35.9 Å². The van der Waals surface area contributed by atoms with Crippen LogP contribution < -0.4 is 0 Å². The number of hydrogen-bond acceptors (Lipinski definition) is 4. The number of oxime groups is 1. The first-order chi connectivity index (χ1) is 9.61. The number of carbonyl (C=O) groups is 1. The largest absolute Gasteiger partial charge is 0.386 e. The second-order valence-electron chi connectivity index (χ2n) is 5.47. The monoisotopic (exact) mass is 274 g/mol. The standard InChI is InChI=1S/C15H18N2O3/c1-2-15(19)9-17(10-15)14(18)13-8-12(16-20-13)11-6-4-3-5-7-11/h3-7,13,19H,2,8-10H2,1H3. The summed E-state index contributed by atoms with van der Waals surface area (Å²) in [7, 11) is 0. The molecule has 20 heavy (non-hydrogen) atoms. The lowest BCUT2D eigenvalue weighted by molar-refractivity contribution is -0.165. The van der Waals surface area contributed by atoms with Crippen molar-refractivity contribution in [1.29, 1.82) is 0 Å². The third kappa shape index (κ3) is 2.29. The molecule has 0 radical (unpaired) electrons. The van der Waals surface area contributed by atoms with Crippen LogP contribution in [0, 0.1) is 0 Å². The van der Waals surface area contributed by atoms with Crippen LogP contribution in [0.4, 0.5) is 0 Å². The van der Waals surface area contributed by atoms with Gasteiger partial charge in [-0.15, -0.1) is 0 Å². The zero-order valence-corrected chi connectivity index (χ0v) is 11.5. The molecule has 1 aromatic rings. The molecular formula is C15H18N2O3. The Labute approximate surface area is 117 Å². The molecule has 0 saturated carbocycles. The number of hydrogen-bond donors (Lipinski definition) is 1. The Morgan fingerprint density at radius 1 is 1.45 bits per heavy atom. The number of nitrogens with zero attached hydrogens (tertiary/aromatic N) is 2. The van der Waals surface area contributed by atoms with Gasteiger partial charge >= 0.3 is 0 Å². The van der Waals surface area contributed by atoms with Gasteiger partial charge in [-0.3, -0.25) is 4.79 Å². The van der Waals surface area contributed by atoms with E-state index in [1.165, 1.54) is 0 Å². The molecule has 1 saturated heterocycles. The van der Waals surface area contributed by atoms with Crippen LogP contribution in [0.25, 0.3) is 0 Å². The van der Waals surface area contributed by atoms with Crippen LogP contribution in [0.15, 0.2) is 35.5 Å². The second-order valence-corrected chi connectivity index (χ2v) is 5.47. The Hall–Kier alpha value is -1.88. The van der Waals surface area contributed by atoms with Crippen molar-refractivity contribution in [2.75, 3.05) is 13.1 Å². The number of benzene rings is 1. The summed E-state index contributed by atoms with van der Waals surface area (Å²) in [5.41, 5.74) is 1.07. The Kier molecular flexibility index (Phi) is 3.22. The van der Waals surface area contributed by atoms with Crippen molar-refractivity contribution in [1.82, 2.24) is 4.90 Å². The predicted octanol–water partition coefficient (Wildman–Crippen LogP) is 1.16. The van der Waals surface area contributed by atoms with Crippen LogP contribution in [0.1, 0.15) is 25.3 Å². The van der Waals surface area contributed by atoms with Gasteiger partial charge in [0.25, 0.3) is 5.91 Å². The van der Waals surface area contributed by atoms with E-state index in [1.54, 1.807) is 4.90 Å². The van der Waals surface area contributed by atoms with Gasteiger partial charge in [-0.05, 0) is 12.0 Å². The summed E-state index contributed by atoms with van der Waals surface area (Å²) in [6.45, 7) is 2.70. The molecule has 5 nitrogen and oxygen atoms in total. The highest BCUT2D eigenvalue weighted by molar-refractivity contribution is 6.04. The first-order valence-corrected chi connectivity index (χ1v) is 6.90. The molecule has 1 fully saturated rings. The van der Waals surface area contributed by atoms with Crippen LogP contribution in [-0.4, -0.2) is 46.4 Å². The van der Waals surface area contributed by atoms with Crippen LogP contribution in [0.5, 0.6) is 0 Å². The van der Waals surface area contributed by atoms with E-state index >= 15 is 0 Å². The number of carbonyl (C=O) groups excluding carboxylic acids is 1. The fraction of sp³-hybridized carbons (Fsp3) is 0.467. The van der Waals surface area contributed by atoms with Crippen molar-refractivity contribution in [3.63, 3.8) is 0 Å². The maximum absolute atomic E-state index is 12.2. The van der Waals surface area contributed by atoms with E-state index < -0.39 is 11.7 Å². The first kappa shape index (κ1) is 13.1. The van der Waals surface area contributed by atoms with Crippen molar-refractivity contribution in [2.24, 2.45) is 5.16 Å². The lowest BCUT2D eigenvalue weighted by Gasteiger charge is -2.46. The maximum atomic E-state index is 12.2. The van der Waals surface area contributed by atoms with Gasteiger partial charge in [0, 0.05) is 6.42 Å². The number of amides is 1. The molecule has 0 bridgehead atoms. The molecule has 5 heteroatoms. The van der Waals surface area contributed by atoms with Gasteiger partial charge in [-0.25, -0.2) is 0 Å². The molecule has 1 N–H and O–H groups in total. The van der Waals surface area contributed by atoms with Gasteiger partial charge < -0.3 is 14.8 Å². The summed E-state index contributed by atoms with van der Waals surface area (Å²) in [4.78, 5) is 19.1. The third-order valence-corrected chi connectivity index (χ3v) is 3.99. The Morgan fingerprint density at radius 2 is 2.15 bits per heavy atom. The fourth-order valence-electron chi connectivity index (χ4n) is 2.56. The lowest BCUT2D eigenvalue weighted by Crippen LogP contribution is -2.64. The minimum atomic E-state index is -0.711. The van der Waals surface area contributed by atoms with Gasteiger partial charge in [0.15, 0.2) is 0 Å². The molecule has 2 aliphatic heterocycles. The Morgan fingerprint density at radius 3 is 2.80 bits per heavy atom. The molecular weight excluding hydrogens is 256 g/mol. The molecule has 1 aromatic carbocycles. The summed E-state index contributed by atoms with van der Waals surface area (Å²) in [6.07, 6.45) is 0.601. The van der Waals surface area contributed by atoms with Crippen LogP contribution in [0.2, 0.25) is 0 Å². The molecule has 0 aromatic heterocycles. The van der Waals surface area contributed by atoms with Gasteiger partial charge in [-0.2, -0.15) is 0 Å². The van der Waals surface area contributed by atoms with Crippen LogP contribution in [-0.2, 0) is 9.63 Å². The summed E-state index contributed by atoms with van der Waals surface area (Å²) < 4.78 is 0. The normalized spacial score (nSPS) is 23.8. The quantitative estimate of drug-likeness (QED) is 0.899. The van der Waals surface area contributed by atoms with Gasteiger partial charge in [0.1, 0.15) is 0 Å². The SMILES string of the molecule is CCC1(O)CN(C(=O)C2CC(c3ccccc3)=NO2)C1. The molecule has 1 amide bonds. The van der Waals surface area contributed by atoms with E-state index in [-0.39, 0.29) is 5.91 Å². The van der Waals surface area contributed by atoms with E-state index in [0.29, 0.717) is 25.9 Å². The zero-order valence-electron chi connectivity index (χ0n) is 11.5. The highest BCUT2D eigenvalue weighted by Crippen LogP contribution is 2.27. The highest BCUT2D eigenvalue weighted by atomic mass is 16.6. The zero-order chi connectivity index (χ0) is 14.2. The van der Waals surface area contributed by atoms with Crippen molar-refractivity contribution >= 4 is 11.6 Å². The Balaban J connectivity index is 1.59. The molecule has 0 aliphatic carbocycles. The van der Waals surface area contributed by atoms with E-state index in [2.05, 4.69) is 5.16 Å². The van der Waals surface area contributed by atoms with E-state index in [9.17, 15) is 9.90 Å². The summed E-state index contributed by atoms with van der Waals surface area (Å²) in [5, 5.41) is 14.0. The lowest BCUT2D eigenvalue weighted by atomic mass is 9.90. The number of aliphatic hydroxyl groups is 1. The van der Waals surface area contributed by atoms with E-state index in [1.807, 2.05) is 37.3 Å². The van der Waals surface area contributed by atoms with Gasteiger partial charge in [0.2, 0.25) is 6.10 Å². The number of rotatable bonds is 3. The highest BCUT2D eigenvalue weighted by Gasteiger charge is 2.45. The summed E-state index contributed by atoms with van der Waals surface area (Å²) in [5.74, 6) is -0.0854. The molecule has 0 spiro atoms. The average molecular weight is 274 g/mol. The summed E-state index contributed by atoms with van der Waals surface area (Å²) in [6, 6.07) is 9.71. The fourth-order valence-corrected chi connectivity index (χ4v) is 2.56. The van der Waals surface area contributed by atoms with Gasteiger partial charge in [-0.1, -0.05) is 42.4 Å². The third-order valence-electron chi connectivity index (χ3n) is 3.99. The molecule has 2 aliphatic rings. The first-order valence-electron chi connectivity index (χ1n) is 6.90. The maximum Gasteiger partial charge on any atom is 0.267 e. The molecule has 3 rings (SSSR count). The average Bonchev–Trinajstić information content (AvgIpc) is 2.94. The van der Waals surface area contributed by atoms with Crippen LogP contribution in [0.3, 0.4) is 0 Å². The molecule has 1 unspecified atom stereocenters. The number of β-amino-alcohol motifs (C(OH)–C–C–N with tert-alkyl or cyclic N) is 1. The minimum Gasteiger partial charge on any atom is -0.386 e. The van der Waals surface area contributed by atoms with Crippen molar-refractivity contribution in [2.45, 2.75) is 31.5 Å². The second kappa shape index (κ2) is 4.90.